The van der Waals surface area contributed by atoms with Crippen LogP contribution < -0.4 is 16.4 Å². The normalized spacial score (nSPS) is 18.8. The SMILES string of the molecule is CCCCSC1CC(=O)N(CCOCCOCC(=O)N[C@H](C(=O)C[C@@H](CCCNC(N)=O)C(=O)N(C)[C@H](C(=O)C[C@H](C(=O)N(C)[C@@H]([C@@H](C)CC)[C@@H](CCN2CCC[C@H]2[C@H](OC)[C@@H](C)C(=O)C[C@@H](Cc2ccccc2)C(=O)O)OC)C(C)C)C(C)C)C(C)C)C1=O. The number of amides is 7. The average Bonchev–Trinajstić information content (AvgIpc) is 1.39. The first kappa shape index (κ1) is 78.9. The van der Waals surface area contributed by atoms with Gasteiger partial charge in [-0.1, -0.05) is 112 Å². The van der Waals surface area contributed by atoms with E-state index in [1.165, 1.54) is 28.6 Å². The minimum atomic E-state index is -1.02. The van der Waals surface area contributed by atoms with Gasteiger partial charge in [0.15, 0.2) is 11.6 Å². The van der Waals surface area contributed by atoms with Gasteiger partial charge in [-0.3, -0.25) is 53.0 Å². The van der Waals surface area contributed by atoms with E-state index in [1.807, 2.05) is 65.0 Å². The maximum atomic E-state index is 15.0. The molecule has 0 aliphatic carbocycles. The Hall–Kier alpha value is -5.33. The van der Waals surface area contributed by atoms with Gasteiger partial charge in [-0.25, -0.2) is 4.79 Å². The van der Waals surface area contributed by atoms with E-state index in [0.717, 1.165) is 50.0 Å². The number of Topliss-reactive ketones (excluding diaryl/α,β-unsaturated/α-hetero) is 3. The molecule has 0 radical (unpaired) electrons. The number of hydrogen-bond acceptors (Lipinski definition) is 16. The van der Waals surface area contributed by atoms with Crippen LogP contribution in [0.3, 0.4) is 0 Å². The van der Waals surface area contributed by atoms with Crippen LogP contribution in [-0.2, 0) is 68.5 Å². The molecule has 510 valence electrons. The van der Waals surface area contributed by atoms with E-state index in [-0.39, 0.29) is 143 Å². The second-order valence-corrected chi connectivity index (χ2v) is 27.0. The lowest BCUT2D eigenvalue weighted by Gasteiger charge is -2.41. The number of carbonyl (C=O) groups excluding carboxylic acids is 9. The third kappa shape index (κ3) is 24.6. The number of primary amides is 1. The quantitative estimate of drug-likeness (QED) is 0.0383. The Morgan fingerprint density at radius 1 is 0.767 bits per heavy atom. The summed E-state index contributed by atoms with van der Waals surface area (Å²) >= 11 is 1.51. The first-order chi connectivity index (χ1) is 42.6. The standard InChI is InChI=1S/C67H111N7O15S/c1-15-17-35-90-56-40-58(79)74(65(56)82)31-32-88-33-34-89-41-57(78)70-59(43(5)6)53(76)37-48(25-21-28-69-67(68)85)63(80)71(11)60(44(7)8)54(77)39-50(42(3)4)64(81)72(12)61(45(9)16-2)55(86-13)27-30-73-29-22-26-51(73)62(87-14)46(10)52(75)38-49(66(83)84)36-47-23-19-18-20-24-47/h18-20,23-24,42-46,48-51,55-56,59-62H,15-17,21-22,25-41H2,1-14H3,(H,70,78)(H,83,84)(H3,68,69,85)/t45-,46-,48+,49+,50-,51-,55+,56?,59-,60-,61-,62+/m0/s1. The number of hydrogen-bond donors (Lipinski definition) is 4. The maximum absolute atomic E-state index is 15.0. The van der Waals surface area contributed by atoms with E-state index in [1.54, 1.807) is 40.0 Å². The van der Waals surface area contributed by atoms with Crippen molar-refractivity contribution in [1.29, 1.82) is 0 Å². The second-order valence-electron chi connectivity index (χ2n) is 25.7. The van der Waals surface area contributed by atoms with E-state index >= 15 is 4.79 Å². The Balaban J connectivity index is 1.72. The molecule has 7 amide bonds. The van der Waals surface area contributed by atoms with Gasteiger partial charge in [0.05, 0.1) is 67.9 Å². The van der Waals surface area contributed by atoms with Crippen molar-refractivity contribution in [3.05, 3.63) is 35.9 Å². The molecule has 0 spiro atoms. The number of urea groups is 1. The molecule has 0 aromatic heterocycles. The van der Waals surface area contributed by atoms with Crippen LogP contribution in [0, 0.1) is 47.3 Å². The molecule has 2 heterocycles. The van der Waals surface area contributed by atoms with Crippen LogP contribution in [0.25, 0.3) is 0 Å². The van der Waals surface area contributed by atoms with Crippen LogP contribution in [0.2, 0.25) is 0 Å². The van der Waals surface area contributed by atoms with Crippen molar-refractivity contribution in [3.63, 3.8) is 0 Å². The fourth-order valence-corrected chi connectivity index (χ4v) is 14.0. The number of ketones is 3. The topological polar surface area (TPSA) is 291 Å². The zero-order valence-corrected chi connectivity index (χ0v) is 57.4. The smallest absolute Gasteiger partial charge is 0.312 e. The van der Waals surface area contributed by atoms with Gasteiger partial charge < -0.3 is 50.2 Å². The van der Waals surface area contributed by atoms with Crippen LogP contribution in [0.4, 0.5) is 4.79 Å². The number of imide groups is 1. The summed E-state index contributed by atoms with van der Waals surface area (Å²) in [5.41, 5.74) is 6.20. The Bertz CT molecular complexity index is 2450. The van der Waals surface area contributed by atoms with Crippen molar-refractivity contribution in [1.82, 2.24) is 30.2 Å². The summed E-state index contributed by atoms with van der Waals surface area (Å²) in [6.07, 6.45) is 4.27. The zero-order chi connectivity index (χ0) is 67.4. The van der Waals surface area contributed by atoms with Crippen molar-refractivity contribution in [2.75, 3.05) is 86.7 Å². The number of likely N-dealkylation sites (N-methyl/N-ethyl adjacent to an activating group) is 2. The number of aliphatic carboxylic acids is 1. The highest BCUT2D eigenvalue weighted by Crippen LogP contribution is 2.33. The van der Waals surface area contributed by atoms with Crippen LogP contribution in [0.15, 0.2) is 30.3 Å². The predicted molar refractivity (Wildman–Crippen MR) is 347 cm³/mol. The summed E-state index contributed by atoms with van der Waals surface area (Å²) in [6.45, 7) is 20.4. The minimum Gasteiger partial charge on any atom is -0.481 e. The number of likely N-dealkylation sites (tertiary alicyclic amines) is 2. The molecule has 5 N–H and O–H groups in total. The summed E-state index contributed by atoms with van der Waals surface area (Å²) < 4.78 is 23.5. The van der Waals surface area contributed by atoms with Crippen LogP contribution in [-0.4, -0.2) is 212 Å². The lowest BCUT2D eigenvalue weighted by molar-refractivity contribution is -0.148. The van der Waals surface area contributed by atoms with Gasteiger partial charge in [0.1, 0.15) is 12.4 Å². The monoisotopic (exact) mass is 1290 g/mol. The van der Waals surface area contributed by atoms with Crippen LogP contribution in [0.5, 0.6) is 0 Å². The second kappa shape index (κ2) is 40.6. The maximum Gasteiger partial charge on any atom is 0.312 e. The summed E-state index contributed by atoms with van der Waals surface area (Å²) in [5.74, 6) is -7.08. The molecular formula is C67H111N7O15S. The molecule has 90 heavy (non-hydrogen) atoms. The number of carboxylic acids is 1. The molecule has 23 heteroatoms. The molecule has 0 bridgehead atoms. The van der Waals surface area contributed by atoms with Gasteiger partial charge in [-0.15, -0.1) is 11.8 Å². The van der Waals surface area contributed by atoms with Crippen molar-refractivity contribution >= 4 is 70.6 Å². The zero-order valence-electron chi connectivity index (χ0n) is 56.5. The molecular weight excluding hydrogens is 1170 g/mol. The number of nitrogens with two attached hydrogens (primary N) is 1. The van der Waals surface area contributed by atoms with Gasteiger partial charge in [-0.05, 0) is 86.5 Å². The molecule has 22 nitrogen and oxygen atoms in total. The lowest BCUT2D eigenvalue weighted by atomic mass is 9.83. The number of benzene rings is 1. The summed E-state index contributed by atoms with van der Waals surface area (Å²) in [4.78, 5) is 142. The van der Waals surface area contributed by atoms with Crippen molar-refractivity contribution in [2.45, 2.75) is 194 Å². The molecule has 2 saturated heterocycles. The fourth-order valence-electron chi connectivity index (χ4n) is 12.7. The van der Waals surface area contributed by atoms with Gasteiger partial charge in [0.25, 0.3) is 0 Å². The Labute approximate surface area is 540 Å². The Morgan fingerprint density at radius 3 is 2.02 bits per heavy atom. The minimum absolute atomic E-state index is 0.0232. The molecule has 3 rings (SSSR count). The molecule has 1 aromatic carbocycles. The number of thioether (sulfide) groups is 1. The van der Waals surface area contributed by atoms with E-state index in [4.69, 9.17) is 24.7 Å². The van der Waals surface area contributed by atoms with E-state index in [0.29, 0.717) is 13.0 Å². The molecule has 2 aliphatic rings. The number of carbonyl (C=O) groups is 10. The fraction of sp³-hybridized carbons (Fsp3) is 0.761. The third-order valence-electron chi connectivity index (χ3n) is 18.1. The molecule has 0 saturated carbocycles. The molecule has 1 unspecified atom stereocenters. The summed E-state index contributed by atoms with van der Waals surface area (Å²) in [7, 11) is 6.52. The number of rotatable bonds is 46. The molecule has 2 fully saturated rings. The number of ether oxygens (including phenoxy) is 4. The van der Waals surface area contributed by atoms with Crippen LogP contribution in [0.1, 0.15) is 152 Å². The summed E-state index contributed by atoms with van der Waals surface area (Å²) in [6, 6.07) is 6.05. The predicted octanol–water partition coefficient (Wildman–Crippen LogP) is 6.86. The van der Waals surface area contributed by atoms with Gasteiger partial charge in [-0.2, -0.15) is 0 Å². The highest BCUT2D eigenvalue weighted by molar-refractivity contribution is 8.00. The first-order valence-electron chi connectivity index (χ1n) is 32.8. The van der Waals surface area contributed by atoms with Crippen molar-refractivity contribution in [2.24, 2.45) is 53.1 Å². The summed E-state index contributed by atoms with van der Waals surface area (Å²) in [5, 5.41) is 15.0. The number of nitrogens with one attached hydrogen (secondary N) is 2. The van der Waals surface area contributed by atoms with Crippen molar-refractivity contribution in [3.8, 4) is 0 Å². The van der Waals surface area contributed by atoms with Crippen molar-refractivity contribution < 1.29 is 72.0 Å². The Kier molecular flexibility index (Phi) is 35.6. The van der Waals surface area contributed by atoms with E-state index in [2.05, 4.69) is 36.3 Å². The van der Waals surface area contributed by atoms with E-state index in [9.17, 15) is 48.3 Å². The number of nitrogens with zero attached hydrogens (tertiary/aromatic N) is 4. The number of unbranched alkanes of at least 4 members (excludes halogenated alkanes) is 1. The largest absolute Gasteiger partial charge is 0.481 e. The van der Waals surface area contributed by atoms with Gasteiger partial charge in [0.2, 0.25) is 29.5 Å². The van der Waals surface area contributed by atoms with Gasteiger partial charge >= 0.3 is 12.0 Å². The lowest BCUT2D eigenvalue weighted by Crippen LogP contribution is -2.54. The number of carboxylic acid groups (broad SMARTS) is 1. The first-order valence-corrected chi connectivity index (χ1v) is 33.8. The van der Waals surface area contributed by atoms with Gasteiger partial charge in [0, 0.05) is 90.9 Å². The number of methoxy groups -OCH3 is 2. The highest BCUT2D eigenvalue weighted by atomic mass is 32.2. The van der Waals surface area contributed by atoms with E-state index < -0.39 is 89.5 Å². The highest BCUT2D eigenvalue weighted by Gasteiger charge is 2.43. The van der Waals surface area contributed by atoms with Crippen LogP contribution >= 0.6 is 11.8 Å². The average molecular weight is 1290 g/mol. The molecule has 1 aromatic rings. The third-order valence-corrected chi connectivity index (χ3v) is 19.4. The Morgan fingerprint density at radius 2 is 1.43 bits per heavy atom. The molecule has 2 aliphatic heterocycles. The molecule has 12 atom stereocenters.